The topological polar surface area (TPSA) is 222 Å². The van der Waals surface area contributed by atoms with E-state index in [9.17, 15) is 38.4 Å². The molecule has 5 rings (SSSR count). The molecule has 1 fully saturated rings. The summed E-state index contributed by atoms with van der Waals surface area (Å²) in [6, 6.07) is 9.47. The Morgan fingerprint density at radius 3 is 1.30 bits per heavy atom. The number of esters is 4. The van der Waals surface area contributed by atoms with E-state index in [0.717, 1.165) is 30.7 Å². The van der Waals surface area contributed by atoms with Gasteiger partial charge in [0, 0.05) is 78.9 Å². The standard InChI is InChI=1S/C57H78N8O12/c1-34(2)26-44-54(70)74-38(9)50(66)61(12)49(37(7)8)57(73)77-46(29-42-16-15-17-43(27-42)31-65-25-23-59-33-65)53(69)63(14)47(35(3)4)55(71)75-39(10)51(67)62(13)48(36(5)6)56(72)76-45(52(68)60(44)11)28-40-18-20-41(21-19-40)30-64-24-22-58-32-64/h15-25,27,32-39,44-49H,26,28-31H2,1-14H3/t38-,39-,44+,45-,46-,47?,48?,49?/m1/s1. The third kappa shape index (κ3) is 15.8. The van der Waals surface area contributed by atoms with E-state index < -0.39 is 114 Å². The highest BCUT2D eigenvalue weighted by Gasteiger charge is 2.44. The van der Waals surface area contributed by atoms with Gasteiger partial charge in [-0.2, -0.15) is 0 Å². The summed E-state index contributed by atoms with van der Waals surface area (Å²) in [7, 11) is 5.49. The van der Waals surface area contributed by atoms with E-state index >= 15 is 0 Å². The Labute approximate surface area is 452 Å². The largest absolute Gasteiger partial charge is 0.451 e. The number of hydrogen-bond donors (Lipinski definition) is 0. The maximum Gasteiger partial charge on any atom is 0.329 e. The van der Waals surface area contributed by atoms with Gasteiger partial charge in [-0.3, -0.25) is 19.2 Å². The third-order valence-corrected chi connectivity index (χ3v) is 13.7. The van der Waals surface area contributed by atoms with Gasteiger partial charge in [-0.25, -0.2) is 29.1 Å². The van der Waals surface area contributed by atoms with Crippen LogP contribution in [0.3, 0.4) is 0 Å². The number of benzene rings is 2. The minimum atomic E-state index is -1.54. The van der Waals surface area contributed by atoms with E-state index in [1.165, 1.54) is 42.0 Å². The normalized spacial score (nSPS) is 23.7. The zero-order valence-corrected chi connectivity index (χ0v) is 47.0. The summed E-state index contributed by atoms with van der Waals surface area (Å²) >= 11 is 0. The molecule has 2 aromatic heterocycles. The highest BCUT2D eigenvalue weighted by atomic mass is 16.6. The first kappa shape index (κ1) is 60.5. The van der Waals surface area contributed by atoms with E-state index in [1.807, 2.05) is 53.4 Å². The smallest absolute Gasteiger partial charge is 0.329 e. The number of aromatic nitrogens is 4. The molecule has 1 aliphatic heterocycles. The summed E-state index contributed by atoms with van der Waals surface area (Å²) in [6.07, 6.45) is 4.08. The predicted octanol–water partition coefficient (Wildman–Crippen LogP) is 4.98. The fourth-order valence-corrected chi connectivity index (χ4v) is 9.71. The summed E-state index contributed by atoms with van der Waals surface area (Å²) in [4.78, 5) is 129. The van der Waals surface area contributed by atoms with Crippen molar-refractivity contribution in [2.24, 2.45) is 23.7 Å². The molecule has 1 saturated heterocycles. The molecule has 2 aromatic carbocycles. The van der Waals surface area contributed by atoms with Crippen molar-refractivity contribution < 1.29 is 57.3 Å². The Morgan fingerprint density at radius 2 is 0.857 bits per heavy atom. The lowest BCUT2D eigenvalue weighted by Crippen LogP contribution is -2.56. The highest BCUT2D eigenvalue weighted by molar-refractivity contribution is 5.94. The predicted molar refractivity (Wildman–Crippen MR) is 284 cm³/mol. The van der Waals surface area contributed by atoms with Gasteiger partial charge in [0.1, 0.15) is 24.2 Å². The third-order valence-electron chi connectivity index (χ3n) is 13.7. The van der Waals surface area contributed by atoms with Crippen LogP contribution in [0.2, 0.25) is 0 Å². The maximum absolute atomic E-state index is 14.9. The van der Waals surface area contributed by atoms with Crippen molar-refractivity contribution in [3.8, 4) is 0 Å². The molecule has 4 amide bonds. The molecule has 0 bridgehead atoms. The summed E-state index contributed by atoms with van der Waals surface area (Å²) < 4.78 is 27.7. The Kier molecular flexibility index (Phi) is 21.3. The van der Waals surface area contributed by atoms with Crippen LogP contribution in [0.4, 0.5) is 0 Å². The van der Waals surface area contributed by atoms with Crippen molar-refractivity contribution in [1.29, 1.82) is 0 Å². The fourth-order valence-electron chi connectivity index (χ4n) is 9.71. The lowest BCUT2D eigenvalue weighted by atomic mass is 9.99. The summed E-state index contributed by atoms with van der Waals surface area (Å²) in [6.45, 7) is 17.5. The van der Waals surface area contributed by atoms with Crippen LogP contribution >= 0.6 is 0 Å². The summed E-state index contributed by atoms with van der Waals surface area (Å²) in [5, 5.41) is 0. The number of cyclic esters (lactones) is 4. The van der Waals surface area contributed by atoms with Gasteiger partial charge >= 0.3 is 23.9 Å². The summed E-state index contributed by atoms with van der Waals surface area (Å²) in [5.74, 6) is -8.78. The van der Waals surface area contributed by atoms with Gasteiger partial charge < -0.3 is 47.7 Å². The van der Waals surface area contributed by atoms with Crippen LogP contribution in [0.15, 0.2) is 86.0 Å². The first-order valence-corrected chi connectivity index (χ1v) is 26.2. The fraction of sp³-hybridized carbons (Fsp3) is 0.544. The number of ether oxygens (including phenoxy) is 4. The molecular formula is C57H78N8O12. The van der Waals surface area contributed by atoms with Crippen molar-refractivity contribution >= 4 is 47.5 Å². The number of rotatable bonds is 13. The average Bonchev–Trinajstić information content (AvgIpc) is 4.09. The molecule has 77 heavy (non-hydrogen) atoms. The number of imidazole rings is 2. The van der Waals surface area contributed by atoms with Crippen LogP contribution in [0.1, 0.15) is 97.9 Å². The average molecular weight is 1070 g/mol. The molecule has 20 heteroatoms. The molecule has 0 aliphatic carbocycles. The van der Waals surface area contributed by atoms with E-state index in [-0.39, 0.29) is 25.2 Å². The van der Waals surface area contributed by atoms with Crippen molar-refractivity contribution in [3.63, 3.8) is 0 Å². The van der Waals surface area contributed by atoms with Gasteiger partial charge in [0.25, 0.3) is 23.6 Å². The number of hydrogen-bond acceptors (Lipinski definition) is 14. The zero-order chi connectivity index (χ0) is 57.0. The second-order valence-electron chi connectivity index (χ2n) is 21.5. The van der Waals surface area contributed by atoms with Crippen LogP contribution < -0.4 is 0 Å². The van der Waals surface area contributed by atoms with E-state index in [0.29, 0.717) is 24.2 Å². The van der Waals surface area contributed by atoms with E-state index in [4.69, 9.17) is 18.9 Å². The van der Waals surface area contributed by atoms with Crippen LogP contribution in [0.25, 0.3) is 0 Å². The molecule has 418 valence electrons. The van der Waals surface area contributed by atoms with Crippen molar-refractivity contribution in [2.45, 2.75) is 150 Å². The molecule has 0 N–H and O–H groups in total. The lowest BCUT2D eigenvalue weighted by molar-refractivity contribution is -0.177. The van der Waals surface area contributed by atoms with Crippen LogP contribution in [0.5, 0.6) is 0 Å². The van der Waals surface area contributed by atoms with E-state index in [1.54, 1.807) is 97.1 Å². The SMILES string of the molecule is CC(C)C[C@H]1C(=O)O[C@H](C)C(=O)N(C)C(C(C)C)C(=O)O[C@H](Cc2cccc(Cn3ccnc3)c2)C(=O)N(C)C(C(C)C)C(=O)O[C@H](C)C(=O)N(C)C(C(C)C)C(=O)O[C@H](Cc2ccc(Cn3ccnc3)cc2)C(=O)N1C. The maximum atomic E-state index is 14.9. The van der Waals surface area contributed by atoms with Crippen molar-refractivity contribution in [1.82, 2.24) is 38.7 Å². The van der Waals surface area contributed by atoms with Gasteiger partial charge in [0.2, 0.25) is 0 Å². The quantitative estimate of drug-likeness (QED) is 0.127. The second kappa shape index (κ2) is 27.1. The Hall–Kier alpha value is -7.38. The van der Waals surface area contributed by atoms with Gasteiger partial charge in [0.15, 0.2) is 24.4 Å². The zero-order valence-electron chi connectivity index (χ0n) is 47.0. The molecule has 0 spiro atoms. The van der Waals surface area contributed by atoms with Crippen LogP contribution in [-0.4, -0.2) is 163 Å². The molecule has 0 radical (unpaired) electrons. The molecule has 0 saturated carbocycles. The van der Waals surface area contributed by atoms with Gasteiger partial charge in [-0.15, -0.1) is 0 Å². The Balaban J connectivity index is 1.57. The Morgan fingerprint density at radius 1 is 0.468 bits per heavy atom. The van der Waals surface area contributed by atoms with Gasteiger partial charge in [-0.1, -0.05) is 104 Å². The first-order chi connectivity index (χ1) is 36.3. The Bertz CT molecular complexity index is 2650. The van der Waals surface area contributed by atoms with Gasteiger partial charge in [-0.05, 0) is 66.2 Å². The molecule has 8 atom stereocenters. The first-order valence-electron chi connectivity index (χ1n) is 26.2. The number of amides is 4. The number of likely N-dealkylation sites (N-methyl/N-ethyl adjacent to an activating group) is 4. The highest BCUT2D eigenvalue weighted by Crippen LogP contribution is 2.25. The van der Waals surface area contributed by atoms with Gasteiger partial charge in [0.05, 0.1) is 12.7 Å². The minimum Gasteiger partial charge on any atom is -0.451 e. The van der Waals surface area contributed by atoms with Crippen molar-refractivity contribution in [2.75, 3.05) is 28.2 Å². The monoisotopic (exact) mass is 1070 g/mol. The van der Waals surface area contributed by atoms with E-state index in [2.05, 4.69) is 9.97 Å². The van der Waals surface area contributed by atoms with Crippen LogP contribution in [0, 0.1) is 23.7 Å². The van der Waals surface area contributed by atoms with Crippen LogP contribution in [-0.2, 0) is 83.2 Å². The molecule has 4 aromatic rings. The van der Waals surface area contributed by atoms with Crippen molar-refractivity contribution in [3.05, 3.63) is 108 Å². The minimum absolute atomic E-state index is 0.0822. The molecule has 3 heterocycles. The number of nitrogens with zero attached hydrogens (tertiary/aromatic N) is 8. The molecule has 3 unspecified atom stereocenters. The summed E-state index contributed by atoms with van der Waals surface area (Å²) in [5.41, 5.74) is 3.03. The number of carbonyl (C=O) groups excluding carboxylic acids is 8. The molecule has 20 nitrogen and oxygen atoms in total. The number of carbonyl (C=O) groups is 8. The molecule has 1 aliphatic rings. The lowest BCUT2D eigenvalue weighted by Gasteiger charge is -2.36. The molecular weight excluding hydrogens is 989 g/mol. The second-order valence-corrected chi connectivity index (χ2v) is 21.5.